The van der Waals surface area contributed by atoms with Crippen LogP contribution in [0.4, 0.5) is 5.82 Å². The molecule has 1 fully saturated rings. The topological polar surface area (TPSA) is 54.0 Å². The molecule has 1 saturated heterocycles. The van der Waals surface area contributed by atoms with Gasteiger partial charge in [-0.25, -0.2) is 0 Å². The molecule has 0 spiro atoms. The molecule has 2 aromatic heterocycles. The smallest absolute Gasteiger partial charge is 0.159 e. The van der Waals surface area contributed by atoms with Crippen molar-refractivity contribution in [2.75, 3.05) is 31.2 Å². The fourth-order valence-electron chi connectivity index (χ4n) is 2.95. The van der Waals surface area contributed by atoms with Crippen molar-refractivity contribution in [1.82, 2.24) is 15.2 Å². The average Bonchev–Trinajstić information content (AvgIpc) is 3.09. The van der Waals surface area contributed by atoms with E-state index in [4.69, 9.17) is 16.3 Å². The van der Waals surface area contributed by atoms with E-state index in [0.717, 1.165) is 59.5 Å². The fourth-order valence-corrected chi connectivity index (χ4v) is 3.08. The summed E-state index contributed by atoms with van der Waals surface area (Å²) >= 11 is 6.03. The van der Waals surface area contributed by atoms with Gasteiger partial charge in [0.2, 0.25) is 0 Å². The normalized spacial score (nSPS) is 14.8. The lowest BCUT2D eigenvalue weighted by molar-refractivity contribution is 0.122. The molecule has 24 heavy (non-hydrogen) atoms. The van der Waals surface area contributed by atoms with E-state index in [1.807, 2.05) is 36.4 Å². The Balaban J connectivity index is 1.84. The monoisotopic (exact) mass is 340 g/mol. The third-order valence-electron chi connectivity index (χ3n) is 4.16. The van der Waals surface area contributed by atoms with Crippen molar-refractivity contribution in [2.45, 2.75) is 0 Å². The minimum Gasteiger partial charge on any atom is -0.378 e. The van der Waals surface area contributed by atoms with Crippen LogP contribution in [0.1, 0.15) is 0 Å². The lowest BCUT2D eigenvalue weighted by Gasteiger charge is -2.27. The molecule has 1 N–H and O–H groups in total. The van der Waals surface area contributed by atoms with Gasteiger partial charge >= 0.3 is 0 Å². The zero-order chi connectivity index (χ0) is 16.4. The summed E-state index contributed by atoms with van der Waals surface area (Å²) < 4.78 is 5.47. The third-order valence-corrected chi connectivity index (χ3v) is 4.41. The Morgan fingerprint density at radius 2 is 1.67 bits per heavy atom. The summed E-state index contributed by atoms with van der Waals surface area (Å²) in [7, 11) is 0. The Bertz CT molecular complexity index is 811. The van der Waals surface area contributed by atoms with E-state index < -0.39 is 0 Å². The lowest BCUT2D eigenvalue weighted by Crippen LogP contribution is -2.36. The number of hydrogen-bond acceptors (Lipinski definition) is 4. The van der Waals surface area contributed by atoms with Gasteiger partial charge in [-0.1, -0.05) is 23.7 Å². The van der Waals surface area contributed by atoms with Crippen molar-refractivity contribution in [2.24, 2.45) is 0 Å². The SMILES string of the molecule is Clc1ccc(-c2[nH]nc(N3CCOCC3)c2-c2ccncc2)cc1. The Labute approximate surface area is 145 Å². The van der Waals surface area contributed by atoms with Crippen LogP contribution < -0.4 is 4.90 Å². The predicted molar refractivity (Wildman–Crippen MR) is 95.3 cm³/mol. The summed E-state index contributed by atoms with van der Waals surface area (Å²) in [4.78, 5) is 6.39. The molecule has 0 bridgehead atoms. The summed E-state index contributed by atoms with van der Waals surface area (Å²) in [5, 5.41) is 8.54. The number of benzene rings is 1. The molecule has 0 unspecified atom stereocenters. The van der Waals surface area contributed by atoms with E-state index >= 15 is 0 Å². The number of halogens is 1. The number of anilines is 1. The van der Waals surface area contributed by atoms with Crippen LogP contribution in [0.3, 0.4) is 0 Å². The maximum atomic E-state index is 6.03. The highest BCUT2D eigenvalue weighted by atomic mass is 35.5. The van der Waals surface area contributed by atoms with Gasteiger partial charge in [0.15, 0.2) is 5.82 Å². The van der Waals surface area contributed by atoms with Crippen molar-refractivity contribution in [3.8, 4) is 22.4 Å². The summed E-state index contributed by atoms with van der Waals surface area (Å²) in [6, 6.07) is 11.8. The number of ether oxygens (including phenoxy) is 1. The molecule has 5 nitrogen and oxygen atoms in total. The van der Waals surface area contributed by atoms with Gasteiger partial charge < -0.3 is 9.64 Å². The van der Waals surface area contributed by atoms with Crippen LogP contribution in [-0.2, 0) is 4.74 Å². The van der Waals surface area contributed by atoms with Gasteiger partial charge in [-0.2, -0.15) is 5.10 Å². The highest BCUT2D eigenvalue weighted by Crippen LogP contribution is 2.38. The number of H-pyrrole nitrogens is 1. The zero-order valence-electron chi connectivity index (χ0n) is 13.1. The second-order valence-electron chi connectivity index (χ2n) is 5.64. The van der Waals surface area contributed by atoms with Gasteiger partial charge in [-0.3, -0.25) is 10.1 Å². The molecule has 3 aromatic rings. The molecule has 1 aromatic carbocycles. The van der Waals surface area contributed by atoms with E-state index in [9.17, 15) is 0 Å². The minimum absolute atomic E-state index is 0.720. The van der Waals surface area contributed by atoms with Crippen molar-refractivity contribution in [1.29, 1.82) is 0 Å². The van der Waals surface area contributed by atoms with Crippen LogP contribution >= 0.6 is 11.6 Å². The number of hydrogen-bond donors (Lipinski definition) is 1. The summed E-state index contributed by atoms with van der Waals surface area (Å²) in [6.45, 7) is 3.11. The zero-order valence-corrected chi connectivity index (χ0v) is 13.8. The van der Waals surface area contributed by atoms with Crippen LogP contribution in [0.25, 0.3) is 22.4 Å². The maximum Gasteiger partial charge on any atom is 0.159 e. The molecular formula is C18H17ClN4O. The molecule has 0 saturated carbocycles. The molecule has 4 rings (SSSR count). The van der Waals surface area contributed by atoms with Gasteiger partial charge in [0, 0.05) is 36.1 Å². The molecule has 3 heterocycles. The van der Waals surface area contributed by atoms with Crippen molar-refractivity contribution in [3.05, 3.63) is 53.8 Å². The molecule has 0 atom stereocenters. The first-order valence-corrected chi connectivity index (χ1v) is 8.28. The molecule has 0 aliphatic carbocycles. The average molecular weight is 341 g/mol. The van der Waals surface area contributed by atoms with Gasteiger partial charge in [-0.05, 0) is 29.8 Å². The molecule has 1 aliphatic rings. The molecule has 1 aliphatic heterocycles. The highest BCUT2D eigenvalue weighted by molar-refractivity contribution is 6.30. The number of aromatic amines is 1. The van der Waals surface area contributed by atoms with Gasteiger partial charge in [0.25, 0.3) is 0 Å². The van der Waals surface area contributed by atoms with E-state index in [2.05, 4.69) is 20.1 Å². The maximum absolute atomic E-state index is 6.03. The Morgan fingerprint density at radius 1 is 0.958 bits per heavy atom. The quantitative estimate of drug-likeness (QED) is 0.791. The molecule has 122 valence electrons. The predicted octanol–water partition coefficient (Wildman–Crippen LogP) is 3.63. The van der Waals surface area contributed by atoms with Crippen molar-refractivity contribution >= 4 is 17.4 Å². The second-order valence-corrected chi connectivity index (χ2v) is 6.08. The van der Waals surface area contributed by atoms with Crippen LogP contribution in [0.2, 0.25) is 5.02 Å². The van der Waals surface area contributed by atoms with Gasteiger partial charge in [0.05, 0.1) is 24.5 Å². The second kappa shape index (κ2) is 6.63. The Morgan fingerprint density at radius 3 is 2.38 bits per heavy atom. The van der Waals surface area contributed by atoms with Crippen LogP contribution in [0, 0.1) is 0 Å². The third kappa shape index (κ3) is 2.88. The van der Waals surface area contributed by atoms with E-state index in [0.29, 0.717) is 0 Å². The number of nitrogens with zero attached hydrogens (tertiary/aromatic N) is 3. The van der Waals surface area contributed by atoms with E-state index in [-0.39, 0.29) is 0 Å². The summed E-state index contributed by atoms with van der Waals surface area (Å²) in [6.07, 6.45) is 3.61. The molecule has 0 amide bonds. The minimum atomic E-state index is 0.720. The van der Waals surface area contributed by atoms with Crippen LogP contribution in [0.15, 0.2) is 48.8 Å². The fraction of sp³-hybridized carbons (Fsp3) is 0.222. The first-order valence-electron chi connectivity index (χ1n) is 7.90. The molecular weight excluding hydrogens is 324 g/mol. The van der Waals surface area contributed by atoms with E-state index in [1.54, 1.807) is 12.4 Å². The number of rotatable bonds is 3. The lowest BCUT2D eigenvalue weighted by atomic mass is 10.0. The number of aromatic nitrogens is 3. The van der Waals surface area contributed by atoms with Gasteiger partial charge in [0.1, 0.15) is 0 Å². The van der Waals surface area contributed by atoms with Crippen LogP contribution in [-0.4, -0.2) is 41.5 Å². The summed E-state index contributed by atoms with van der Waals surface area (Å²) in [5.41, 5.74) is 4.21. The molecule has 6 heteroatoms. The van der Waals surface area contributed by atoms with Crippen molar-refractivity contribution < 1.29 is 4.74 Å². The largest absolute Gasteiger partial charge is 0.378 e. The molecule has 0 radical (unpaired) electrons. The number of nitrogens with one attached hydrogen (secondary N) is 1. The van der Waals surface area contributed by atoms with Crippen molar-refractivity contribution in [3.63, 3.8) is 0 Å². The Hall–Kier alpha value is -2.37. The Kier molecular flexibility index (Phi) is 4.19. The standard InChI is InChI=1S/C18H17ClN4O/c19-15-3-1-14(2-4-15)17-16(13-5-7-20-8-6-13)18(22-21-17)23-9-11-24-12-10-23/h1-8H,9-12H2,(H,21,22). The van der Waals surface area contributed by atoms with Gasteiger partial charge in [-0.15, -0.1) is 0 Å². The number of morpholine rings is 1. The summed E-state index contributed by atoms with van der Waals surface area (Å²) in [5.74, 6) is 0.953. The first kappa shape index (κ1) is 15.2. The van der Waals surface area contributed by atoms with Crippen LogP contribution in [0.5, 0.6) is 0 Å². The number of pyridine rings is 1. The first-order chi connectivity index (χ1) is 11.8. The van der Waals surface area contributed by atoms with E-state index in [1.165, 1.54) is 0 Å². The highest BCUT2D eigenvalue weighted by Gasteiger charge is 2.22.